The highest BCUT2D eigenvalue weighted by Crippen LogP contribution is 2.47. The molecule has 1 nitrogen and oxygen atoms in total. The third-order valence-corrected chi connectivity index (χ3v) is 5.91. The smallest absolute Gasteiger partial charge is 0.0693 e. The standard InChI is InChI=1S/C14H18BrNS/c1-13(2)4-6-14(10-16,7-5-13)9-12-11(15)3-8-17-12/h3,8H,4-7,9H2,1-2H3. The van der Waals surface area contributed by atoms with Crippen molar-refractivity contribution in [1.82, 2.24) is 0 Å². The quantitative estimate of drug-likeness (QED) is 0.739. The summed E-state index contributed by atoms with van der Waals surface area (Å²) in [5.41, 5.74) is 0.302. The van der Waals surface area contributed by atoms with Crippen LogP contribution in [0.1, 0.15) is 44.4 Å². The molecule has 1 aromatic rings. The van der Waals surface area contributed by atoms with Gasteiger partial charge >= 0.3 is 0 Å². The second-order valence-electron chi connectivity index (χ2n) is 5.92. The van der Waals surface area contributed by atoms with Crippen LogP contribution in [0, 0.1) is 22.2 Å². The summed E-state index contributed by atoms with van der Waals surface area (Å²) in [6.45, 7) is 4.63. The van der Waals surface area contributed by atoms with Gasteiger partial charge in [-0.25, -0.2) is 0 Å². The summed E-state index contributed by atoms with van der Waals surface area (Å²) in [6, 6.07) is 4.69. The van der Waals surface area contributed by atoms with Gasteiger partial charge in [0.25, 0.3) is 0 Å². The summed E-state index contributed by atoms with van der Waals surface area (Å²) in [6.07, 6.45) is 5.34. The van der Waals surface area contributed by atoms with Crippen LogP contribution >= 0.6 is 27.3 Å². The predicted octanol–water partition coefficient (Wildman–Crippen LogP) is 5.16. The van der Waals surface area contributed by atoms with Gasteiger partial charge in [0, 0.05) is 15.8 Å². The molecular weight excluding hydrogens is 294 g/mol. The zero-order valence-electron chi connectivity index (χ0n) is 10.4. The van der Waals surface area contributed by atoms with Crippen molar-refractivity contribution in [2.24, 2.45) is 10.8 Å². The van der Waals surface area contributed by atoms with Gasteiger partial charge in [0.05, 0.1) is 11.5 Å². The molecule has 17 heavy (non-hydrogen) atoms. The summed E-state index contributed by atoms with van der Waals surface area (Å²) < 4.78 is 1.17. The van der Waals surface area contributed by atoms with E-state index < -0.39 is 0 Å². The van der Waals surface area contributed by atoms with Crippen molar-refractivity contribution in [2.75, 3.05) is 0 Å². The Morgan fingerprint density at radius 2 is 2.00 bits per heavy atom. The van der Waals surface area contributed by atoms with Gasteiger partial charge in [-0.2, -0.15) is 5.26 Å². The zero-order valence-corrected chi connectivity index (χ0v) is 12.8. The van der Waals surface area contributed by atoms with Crippen molar-refractivity contribution in [2.45, 2.75) is 46.0 Å². The zero-order chi connectivity index (χ0) is 12.5. The Labute approximate surface area is 116 Å². The first-order chi connectivity index (χ1) is 7.96. The van der Waals surface area contributed by atoms with Crippen LogP contribution in [-0.4, -0.2) is 0 Å². The molecule has 1 aliphatic carbocycles. The molecule has 1 saturated carbocycles. The average molecular weight is 312 g/mol. The van der Waals surface area contributed by atoms with Gasteiger partial charge in [-0.05, 0) is 58.5 Å². The number of rotatable bonds is 2. The van der Waals surface area contributed by atoms with Crippen LogP contribution in [0.15, 0.2) is 15.9 Å². The van der Waals surface area contributed by atoms with Crippen molar-refractivity contribution < 1.29 is 0 Å². The Hall–Kier alpha value is -0.330. The Morgan fingerprint density at radius 1 is 1.35 bits per heavy atom. The molecule has 92 valence electrons. The highest BCUT2D eigenvalue weighted by Gasteiger charge is 2.39. The van der Waals surface area contributed by atoms with E-state index in [1.54, 1.807) is 11.3 Å². The van der Waals surface area contributed by atoms with Crippen LogP contribution in [0.3, 0.4) is 0 Å². The van der Waals surface area contributed by atoms with E-state index >= 15 is 0 Å². The van der Waals surface area contributed by atoms with Gasteiger partial charge in [-0.15, -0.1) is 11.3 Å². The summed E-state index contributed by atoms with van der Waals surface area (Å²) >= 11 is 5.33. The molecule has 0 spiro atoms. The van der Waals surface area contributed by atoms with E-state index in [1.165, 1.54) is 22.2 Å². The lowest BCUT2D eigenvalue weighted by atomic mass is 9.64. The van der Waals surface area contributed by atoms with E-state index in [9.17, 15) is 5.26 Å². The molecule has 1 fully saturated rings. The van der Waals surface area contributed by atoms with E-state index in [4.69, 9.17) is 0 Å². The van der Waals surface area contributed by atoms with Crippen LogP contribution in [0.5, 0.6) is 0 Å². The topological polar surface area (TPSA) is 23.8 Å². The number of hydrogen-bond donors (Lipinski definition) is 0. The maximum atomic E-state index is 9.54. The number of hydrogen-bond acceptors (Lipinski definition) is 2. The minimum atomic E-state index is -0.122. The molecule has 0 amide bonds. The van der Waals surface area contributed by atoms with Gasteiger partial charge in [-0.3, -0.25) is 0 Å². The number of nitrogens with zero attached hydrogens (tertiary/aromatic N) is 1. The third kappa shape index (κ3) is 2.92. The van der Waals surface area contributed by atoms with E-state index in [0.29, 0.717) is 5.41 Å². The maximum absolute atomic E-state index is 9.54. The largest absolute Gasteiger partial charge is 0.198 e. The molecule has 0 atom stereocenters. The van der Waals surface area contributed by atoms with Gasteiger partial charge in [0.15, 0.2) is 0 Å². The highest BCUT2D eigenvalue weighted by atomic mass is 79.9. The first-order valence-electron chi connectivity index (χ1n) is 6.10. The molecule has 0 radical (unpaired) electrons. The molecule has 0 aromatic carbocycles. The summed E-state index contributed by atoms with van der Waals surface area (Å²) in [5, 5.41) is 11.6. The molecule has 0 bridgehead atoms. The van der Waals surface area contributed by atoms with Crippen LogP contribution < -0.4 is 0 Å². The van der Waals surface area contributed by atoms with Gasteiger partial charge < -0.3 is 0 Å². The summed E-state index contributed by atoms with van der Waals surface area (Å²) in [7, 11) is 0. The average Bonchev–Trinajstić information content (AvgIpc) is 2.68. The molecular formula is C14H18BrNS. The summed E-state index contributed by atoms with van der Waals surface area (Å²) in [5.74, 6) is 0. The lowest BCUT2D eigenvalue weighted by Gasteiger charge is -2.39. The fourth-order valence-corrected chi connectivity index (χ4v) is 4.13. The lowest BCUT2D eigenvalue weighted by molar-refractivity contribution is 0.146. The third-order valence-electron chi connectivity index (χ3n) is 3.99. The van der Waals surface area contributed by atoms with Gasteiger partial charge in [0.1, 0.15) is 0 Å². The number of halogens is 1. The van der Waals surface area contributed by atoms with Crippen LogP contribution in [0.4, 0.5) is 0 Å². The van der Waals surface area contributed by atoms with Crippen molar-refractivity contribution >= 4 is 27.3 Å². The van der Waals surface area contributed by atoms with E-state index in [2.05, 4.69) is 47.3 Å². The lowest BCUT2D eigenvalue weighted by Crippen LogP contribution is -2.31. The van der Waals surface area contributed by atoms with Crippen molar-refractivity contribution in [3.05, 3.63) is 20.8 Å². The molecule has 1 aliphatic rings. The highest BCUT2D eigenvalue weighted by molar-refractivity contribution is 9.10. The SMILES string of the molecule is CC1(C)CCC(C#N)(Cc2sccc2Br)CC1. The van der Waals surface area contributed by atoms with Crippen molar-refractivity contribution in [3.63, 3.8) is 0 Å². The number of nitriles is 1. The van der Waals surface area contributed by atoms with E-state index in [-0.39, 0.29) is 5.41 Å². The van der Waals surface area contributed by atoms with Gasteiger partial charge in [-0.1, -0.05) is 13.8 Å². The van der Waals surface area contributed by atoms with Crippen LogP contribution in [0.2, 0.25) is 0 Å². The Balaban J connectivity index is 2.13. The van der Waals surface area contributed by atoms with Crippen molar-refractivity contribution in [1.29, 1.82) is 5.26 Å². The van der Waals surface area contributed by atoms with Crippen LogP contribution in [0.25, 0.3) is 0 Å². The minimum Gasteiger partial charge on any atom is -0.198 e. The summed E-state index contributed by atoms with van der Waals surface area (Å²) in [4.78, 5) is 1.33. The molecule has 0 N–H and O–H groups in total. The molecule has 2 rings (SSSR count). The molecule has 0 saturated heterocycles. The minimum absolute atomic E-state index is 0.122. The predicted molar refractivity (Wildman–Crippen MR) is 76.0 cm³/mol. The van der Waals surface area contributed by atoms with E-state index in [1.807, 2.05) is 0 Å². The molecule has 0 aliphatic heterocycles. The monoisotopic (exact) mass is 311 g/mol. The molecule has 3 heteroatoms. The molecule has 1 heterocycles. The Bertz CT molecular complexity index is 431. The fraction of sp³-hybridized carbons (Fsp3) is 0.643. The molecule has 1 aromatic heterocycles. The van der Waals surface area contributed by atoms with E-state index in [0.717, 1.165) is 19.3 Å². The Kier molecular flexibility index (Phi) is 3.66. The first-order valence-corrected chi connectivity index (χ1v) is 7.77. The Morgan fingerprint density at radius 3 is 2.47 bits per heavy atom. The van der Waals surface area contributed by atoms with Crippen molar-refractivity contribution in [3.8, 4) is 6.07 Å². The second kappa shape index (κ2) is 4.74. The normalized spacial score (nSPS) is 22.0. The van der Waals surface area contributed by atoms with Crippen LogP contribution in [-0.2, 0) is 6.42 Å². The molecule has 0 unspecified atom stereocenters. The fourth-order valence-electron chi connectivity index (χ4n) is 2.49. The second-order valence-corrected chi connectivity index (χ2v) is 7.78. The number of thiophene rings is 1. The first kappa shape index (κ1) is 13.1. The van der Waals surface area contributed by atoms with Gasteiger partial charge in [0.2, 0.25) is 0 Å². The maximum Gasteiger partial charge on any atom is 0.0693 e.